The van der Waals surface area contributed by atoms with Gasteiger partial charge in [0.15, 0.2) is 5.89 Å². The van der Waals surface area contributed by atoms with Crippen molar-refractivity contribution < 1.29 is 14.0 Å². The molecule has 2 N–H and O–H groups in total. The van der Waals surface area contributed by atoms with Gasteiger partial charge in [0.25, 0.3) is 5.91 Å². The van der Waals surface area contributed by atoms with Crippen LogP contribution in [0.15, 0.2) is 39.9 Å². The molecule has 3 rings (SSSR count). The molecule has 0 radical (unpaired) electrons. The van der Waals surface area contributed by atoms with Crippen molar-refractivity contribution in [2.75, 3.05) is 6.54 Å². The minimum Gasteiger partial charge on any atom is -0.445 e. The molecule has 0 atom stereocenters. The number of aromatic nitrogens is 1. The van der Waals surface area contributed by atoms with Gasteiger partial charge in [-0.15, -0.1) is 0 Å². The predicted octanol–water partition coefficient (Wildman–Crippen LogP) is 1.57. The van der Waals surface area contributed by atoms with Crippen LogP contribution in [-0.4, -0.2) is 29.1 Å². The summed E-state index contributed by atoms with van der Waals surface area (Å²) in [6.45, 7) is 2.20. The lowest BCUT2D eigenvalue weighted by atomic mass is 10.1. The molecular formula is C17H18N4O3. The Morgan fingerprint density at radius 1 is 1.29 bits per heavy atom. The number of hydrogen-bond acceptors (Lipinski definition) is 5. The molecule has 7 heteroatoms. The summed E-state index contributed by atoms with van der Waals surface area (Å²) >= 11 is 0. The summed E-state index contributed by atoms with van der Waals surface area (Å²) in [6, 6.07) is 9.78. The number of hydrogen-bond donors (Lipinski definition) is 2. The summed E-state index contributed by atoms with van der Waals surface area (Å²) in [4.78, 5) is 27.5. The number of benzene rings is 1. The molecule has 0 aliphatic carbocycles. The van der Waals surface area contributed by atoms with Gasteiger partial charge >= 0.3 is 0 Å². The van der Waals surface area contributed by atoms with Crippen LogP contribution < -0.4 is 10.7 Å². The fraction of sp³-hybridized carbons (Fsp3) is 0.294. The van der Waals surface area contributed by atoms with Crippen LogP contribution in [0.3, 0.4) is 0 Å². The molecule has 1 aliphatic rings. The highest BCUT2D eigenvalue weighted by Gasteiger charge is 2.18. The first-order valence-corrected chi connectivity index (χ1v) is 7.79. The van der Waals surface area contributed by atoms with Gasteiger partial charge in [-0.3, -0.25) is 9.59 Å². The Labute approximate surface area is 139 Å². The normalized spacial score (nSPS) is 14.0. The van der Waals surface area contributed by atoms with E-state index in [1.54, 1.807) is 6.92 Å². The molecule has 124 valence electrons. The topological polar surface area (TPSA) is 96.6 Å². The van der Waals surface area contributed by atoms with Crippen molar-refractivity contribution >= 4 is 17.5 Å². The van der Waals surface area contributed by atoms with Crippen LogP contribution in [0.5, 0.6) is 0 Å². The highest BCUT2D eigenvalue weighted by molar-refractivity contribution is 6.39. The Bertz CT molecular complexity index is 780. The van der Waals surface area contributed by atoms with Crippen LogP contribution >= 0.6 is 0 Å². The fourth-order valence-electron chi connectivity index (χ4n) is 2.49. The van der Waals surface area contributed by atoms with Gasteiger partial charge in [0, 0.05) is 38.3 Å². The predicted molar refractivity (Wildman–Crippen MR) is 88.2 cm³/mol. The van der Waals surface area contributed by atoms with E-state index in [0.717, 1.165) is 17.0 Å². The first-order chi connectivity index (χ1) is 11.6. The van der Waals surface area contributed by atoms with Gasteiger partial charge < -0.3 is 9.73 Å². The number of oxazole rings is 1. The lowest BCUT2D eigenvalue weighted by molar-refractivity contribution is -0.121. The maximum atomic E-state index is 12.0. The van der Waals surface area contributed by atoms with Crippen molar-refractivity contribution in [3.05, 3.63) is 42.0 Å². The van der Waals surface area contributed by atoms with Crippen molar-refractivity contribution in [3.8, 4) is 11.3 Å². The van der Waals surface area contributed by atoms with E-state index in [4.69, 9.17) is 4.42 Å². The smallest absolute Gasteiger partial charge is 0.267 e. The van der Waals surface area contributed by atoms with Crippen LogP contribution in [0, 0.1) is 6.92 Å². The molecule has 2 heterocycles. The zero-order chi connectivity index (χ0) is 16.9. The molecule has 0 bridgehead atoms. The molecule has 7 nitrogen and oxygen atoms in total. The molecule has 1 aliphatic heterocycles. The van der Waals surface area contributed by atoms with E-state index in [9.17, 15) is 9.59 Å². The minimum atomic E-state index is -0.271. The molecule has 1 aromatic carbocycles. The summed E-state index contributed by atoms with van der Waals surface area (Å²) in [5.41, 5.74) is 4.43. The molecular weight excluding hydrogens is 308 g/mol. The van der Waals surface area contributed by atoms with Crippen molar-refractivity contribution in [1.29, 1.82) is 0 Å². The van der Waals surface area contributed by atoms with E-state index >= 15 is 0 Å². The largest absolute Gasteiger partial charge is 0.445 e. The Kier molecular flexibility index (Phi) is 4.69. The van der Waals surface area contributed by atoms with E-state index in [2.05, 4.69) is 20.8 Å². The minimum absolute atomic E-state index is 0.170. The summed E-state index contributed by atoms with van der Waals surface area (Å²) in [7, 11) is 0. The highest BCUT2D eigenvalue weighted by Crippen LogP contribution is 2.23. The van der Waals surface area contributed by atoms with E-state index in [1.165, 1.54) is 0 Å². The van der Waals surface area contributed by atoms with Crippen molar-refractivity contribution in [1.82, 2.24) is 15.7 Å². The second-order valence-corrected chi connectivity index (χ2v) is 5.47. The zero-order valence-corrected chi connectivity index (χ0v) is 13.3. The van der Waals surface area contributed by atoms with E-state index in [1.807, 2.05) is 30.3 Å². The lowest BCUT2D eigenvalue weighted by Gasteiger charge is -2.11. The maximum Gasteiger partial charge on any atom is 0.267 e. The van der Waals surface area contributed by atoms with Gasteiger partial charge in [0.05, 0.1) is 0 Å². The average molecular weight is 326 g/mol. The number of carbonyl (C=O) groups excluding carboxylic acids is 2. The molecule has 0 fully saturated rings. The Balaban J connectivity index is 1.61. The number of carbonyl (C=O) groups is 2. The first kappa shape index (κ1) is 15.9. The number of aryl methyl sites for hydroxylation is 1. The quantitative estimate of drug-likeness (QED) is 0.871. The Morgan fingerprint density at radius 3 is 2.79 bits per heavy atom. The van der Waals surface area contributed by atoms with Crippen molar-refractivity contribution in [2.24, 2.45) is 5.10 Å². The van der Waals surface area contributed by atoms with Gasteiger partial charge in [-0.05, 0) is 0 Å². The highest BCUT2D eigenvalue weighted by atomic mass is 16.4. The standard InChI is InChI=1S/C17H18N4O3/c1-11-19-16(12-5-3-2-4-6-12)14(24-11)9-10-18-17(23)13-7-8-15(22)21-20-13/h2-6H,7-10H2,1H3,(H,18,23)(H,21,22). The number of nitrogens with one attached hydrogen (secondary N) is 2. The number of hydrazone groups is 1. The van der Waals surface area contributed by atoms with Gasteiger partial charge in [0.1, 0.15) is 17.2 Å². The van der Waals surface area contributed by atoms with Crippen molar-refractivity contribution in [2.45, 2.75) is 26.2 Å². The number of rotatable bonds is 5. The maximum absolute atomic E-state index is 12.0. The average Bonchev–Trinajstić information content (AvgIpc) is 2.97. The third-order valence-electron chi connectivity index (χ3n) is 3.66. The van der Waals surface area contributed by atoms with Crippen LogP contribution in [0.2, 0.25) is 0 Å². The van der Waals surface area contributed by atoms with E-state index in [0.29, 0.717) is 31.0 Å². The van der Waals surface area contributed by atoms with Gasteiger partial charge in [0.2, 0.25) is 5.91 Å². The number of nitrogens with zero attached hydrogens (tertiary/aromatic N) is 2. The van der Waals surface area contributed by atoms with E-state index < -0.39 is 0 Å². The van der Waals surface area contributed by atoms with Crippen molar-refractivity contribution in [3.63, 3.8) is 0 Å². The summed E-state index contributed by atoms with van der Waals surface area (Å²) in [6.07, 6.45) is 1.16. The number of amides is 2. The van der Waals surface area contributed by atoms with Crippen LogP contribution in [0.1, 0.15) is 24.5 Å². The van der Waals surface area contributed by atoms with Gasteiger partial charge in [-0.2, -0.15) is 5.10 Å². The molecule has 0 spiro atoms. The Morgan fingerprint density at radius 2 is 2.08 bits per heavy atom. The third-order valence-corrected chi connectivity index (χ3v) is 3.66. The SMILES string of the molecule is Cc1nc(-c2ccccc2)c(CCNC(=O)C2=NNC(=O)CC2)o1. The summed E-state index contributed by atoms with van der Waals surface area (Å²) < 4.78 is 5.66. The van der Waals surface area contributed by atoms with Gasteiger partial charge in [-0.1, -0.05) is 30.3 Å². The third kappa shape index (κ3) is 3.68. The van der Waals surface area contributed by atoms with Crippen LogP contribution in [0.25, 0.3) is 11.3 Å². The van der Waals surface area contributed by atoms with Crippen LogP contribution in [0.4, 0.5) is 0 Å². The second kappa shape index (κ2) is 7.08. The fourth-order valence-corrected chi connectivity index (χ4v) is 2.49. The second-order valence-electron chi connectivity index (χ2n) is 5.47. The molecule has 2 aromatic rings. The van der Waals surface area contributed by atoms with E-state index in [-0.39, 0.29) is 18.2 Å². The summed E-state index contributed by atoms with van der Waals surface area (Å²) in [5, 5.41) is 6.57. The van der Waals surface area contributed by atoms with Crippen LogP contribution in [-0.2, 0) is 16.0 Å². The molecule has 1 aromatic heterocycles. The van der Waals surface area contributed by atoms with Gasteiger partial charge in [-0.25, -0.2) is 10.4 Å². The molecule has 0 unspecified atom stereocenters. The lowest BCUT2D eigenvalue weighted by Crippen LogP contribution is -2.37. The molecule has 2 amide bonds. The Hall–Kier alpha value is -2.96. The first-order valence-electron chi connectivity index (χ1n) is 7.79. The molecule has 0 saturated heterocycles. The monoisotopic (exact) mass is 326 g/mol. The molecule has 0 saturated carbocycles. The molecule has 24 heavy (non-hydrogen) atoms. The zero-order valence-electron chi connectivity index (χ0n) is 13.3. The summed E-state index contributed by atoms with van der Waals surface area (Å²) in [5.74, 6) is 0.885.